The van der Waals surface area contributed by atoms with E-state index in [9.17, 15) is 10.1 Å². The van der Waals surface area contributed by atoms with Gasteiger partial charge in [-0.25, -0.2) is 15.0 Å². The van der Waals surface area contributed by atoms with Gasteiger partial charge in [0.05, 0.1) is 24.8 Å². The SMILES string of the molecule is Cc1cc(-c2ccc3cc(C4CCCN4c4ncnc(N)c4C#N)c(N4CCOCC4)nc3c2)cn(C)c1=O. The molecule has 6 rings (SSSR count). The Labute approximate surface area is 226 Å². The first-order valence-corrected chi connectivity index (χ1v) is 13.2. The molecule has 3 aromatic heterocycles. The van der Waals surface area contributed by atoms with Crippen molar-refractivity contribution in [2.45, 2.75) is 25.8 Å². The van der Waals surface area contributed by atoms with Gasteiger partial charge in [0, 0.05) is 49.4 Å². The van der Waals surface area contributed by atoms with Gasteiger partial charge in [0.25, 0.3) is 5.56 Å². The second-order valence-corrected chi connectivity index (χ2v) is 10.2. The summed E-state index contributed by atoms with van der Waals surface area (Å²) in [7, 11) is 1.78. The molecule has 1 aromatic carbocycles. The minimum absolute atomic E-state index is 0.00280. The molecule has 4 aromatic rings. The number of rotatable bonds is 4. The highest BCUT2D eigenvalue weighted by Crippen LogP contribution is 2.42. The van der Waals surface area contributed by atoms with Gasteiger partial charge in [-0.1, -0.05) is 12.1 Å². The van der Waals surface area contributed by atoms with Gasteiger partial charge < -0.3 is 24.8 Å². The number of anilines is 3. The summed E-state index contributed by atoms with van der Waals surface area (Å²) >= 11 is 0. The van der Waals surface area contributed by atoms with Gasteiger partial charge in [0.2, 0.25) is 0 Å². The number of nitrogens with zero attached hydrogens (tertiary/aromatic N) is 7. The molecule has 5 heterocycles. The Morgan fingerprint density at radius 1 is 1.08 bits per heavy atom. The molecule has 0 radical (unpaired) electrons. The van der Waals surface area contributed by atoms with Gasteiger partial charge in [0.1, 0.15) is 29.6 Å². The fourth-order valence-corrected chi connectivity index (χ4v) is 5.72. The lowest BCUT2D eigenvalue weighted by molar-refractivity contribution is 0.122. The van der Waals surface area contributed by atoms with Crippen molar-refractivity contribution in [3.8, 4) is 17.2 Å². The van der Waals surface area contributed by atoms with E-state index < -0.39 is 0 Å². The third-order valence-corrected chi connectivity index (χ3v) is 7.68. The number of aryl methyl sites for hydroxylation is 2. The average Bonchev–Trinajstić information content (AvgIpc) is 3.44. The number of fused-ring (bicyclic) bond motifs is 1. The zero-order valence-electron chi connectivity index (χ0n) is 22.1. The van der Waals surface area contributed by atoms with Crippen molar-refractivity contribution in [1.82, 2.24) is 19.5 Å². The second kappa shape index (κ2) is 10.0. The van der Waals surface area contributed by atoms with Gasteiger partial charge in [-0.05, 0) is 49.1 Å². The molecule has 0 amide bonds. The van der Waals surface area contributed by atoms with Gasteiger partial charge in [-0.15, -0.1) is 0 Å². The first-order chi connectivity index (χ1) is 18.9. The maximum absolute atomic E-state index is 12.2. The summed E-state index contributed by atoms with van der Waals surface area (Å²) in [5, 5.41) is 10.8. The number of hydrogen-bond acceptors (Lipinski definition) is 9. The normalized spacial score (nSPS) is 17.5. The van der Waals surface area contributed by atoms with Crippen molar-refractivity contribution in [2.75, 3.05) is 48.4 Å². The minimum Gasteiger partial charge on any atom is -0.382 e. The van der Waals surface area contributed by atoms with E-state index >= 15 is 0 Å². The number of benzene rings is 1. The smallest absolute Gasteiger partial charge is 0.253 e. The van der Waals surface area contributed by atoms with Crippen LogP contribution in [0, 0.1) is 18.3 Å². The summed E-state index contributed by atoms with van der Waals surface area (Å²) in [4.78, 5) is 30.4. The van der Waals surface area contributed by atoms with E-state index in [-0.39, 0.29) is 17.4 Å². The number of nitrogens with two attached hydrogens (primary N) is 1. The fraction of sp³-hybridized carbons (Fsp3) is 0.345. The Kier molecular flexibility index (Phi) is 6.37. The summed E-state index contributed by atoms with van der Waals surface area (Å²) < 4.78 is 7.26. The molecule has 2 aliphatic heterocycles. The topological polar surface area (TPSA) is 126 Å². The minimum atomic E-state index is -0.00730. The molecule has 2 aliphatic rings. The lowest BCUT2D eigenvalue weighted by atomic mass is 9.99. The van der Waals surface area contributed by atoms with Crippen molar-refractivity contribution in [3.63, 3.8) is 0 Å². The molecule has 2 saturated heterocycles. The van der Waals surface area contributed by atoms with Crippen LogP contribution in [-0.2, 0) is 11.8 Å². The number of nitrogen functional groups attached to an aromatic ring is 1. The quantitative estimate of drug-likeness (QED) is 0.429. The molecule has 0 saturated carbocycles. The van der Waals surface area contributed by atoms with Crippen molar-refractivity contribution in [2.24, 2.45) is 7.05 Å². The van der Waals surface area contributed by atoms with Crippen LogP contribution >= 0.6 is 0 Å². The molecule has 198 valence electrons. The lowest BCUT2D eigenvalue weighted by Crippen LogP contribution is -2.38. The highest BCUT2D eigenvalue weighted by molar-refractivity contribution is 5.87. The van der Waals surface area contributed by atoms with Crippen LogP contribution < -0.4 is 21.1 Å². The zero-order chi connectivity index (χ0) is 27.1. The molecule has 10 nitrogen and oxygen atoms in total. The molecular formula is C29H30N8O2. The molecule has 1 unspecified atom stereocenters. The van der Waals surface area contributed by atoms with Crippen LogP contribution in [0.25, 0.3) is 22.0 Å². The molecule has 0 bridgehead atoms. The highest BCUT2D eigenvalue weighted by Gasteiger charge is 2.33. The van der Waals surface area contributed by atoms with Gasteiger partial charge in [-0.2, -0.15) is 5.26 Å². The van der Waals surface area contributed by atoms with Crippen LogP contribution in [-0.4, -0.2) is 52.4 Å². The molecule has 1 atom stereocenters. The predicted molar refractivity (Wildman–Crippen MR) is 151 cm³/mol. The lowest BCUT2D eigenvalue weighted by Gasteiger charge is -2.33. The first-order valence-electron chi connectivity index (χ1n) is 13.2. The number of morpholine rings is 1. The highest BCUT2D eigenvalue weighted by atomic mass is 16.5. The van der Waals surface area contributed by atoms with Crippen LogP contribution in [0.1, 0.15) is 35.6 Å². The van der Waals surface area contributed by atoms with Crippen LogP contribution in [0.3, 0.4) is 0 Å². The second-order valence-electron chi connectivity index (χ2n) is 10.2. The standard InChI is InChI=1S/C29H30N8O2/c1-18-12-21(16-35(2)29(18)38)19-5-6-20-13-22(28(34-24(20)14-19)36-8-10-39-11-9-36)25-4-3-7-37(25)27-23(15-30)26(31)32-17-33-27/h5-6,12-14,16-17,25H,3-4,7-11H2,1-2H3,(H2,31,32,33). The van der Waals surface area contributed by atoms with Crippen LogP contribution in [0.15, 0.2) is 47.7 Å². The van der Waals surface area contributed by atoms with Crippen molar-refractivity contribution < 1.29 is 4.74 Å². The monoisotopic (exact) mass is 522 g/mol. The summed E-state index contributed by atoms with van der Waals surface area (Å²) in [6.07, 6.45) is 5.16. The summed E-state index contributed by atoms with van der Waals surface area (Å²) in [5.41, 5.74) is 11.0. The van der Waals surface area contributed by atoms with E-state index in [0.717, 1.165) is 65.9 Å². The van der Waals surface area contributed by atoms with Gasteiger partial charge >= 0.3 is 0 Å². The Balaban J connectivity index is 1.49. The Hall–Kier alpha value is -4.49. The molecule has 2 fully saturated rings. The van der Waals surface area contributed by atoms with E-state index in [1.165, 1.54) is 6.33 Å². The van der Waals surface area contributed by atoms with E-state index in [0.29, 0.717) is 30.2 Å². The van der Waals surface area contributed by atoms with Crippen molar-refractivity contribution >= 4 is 28.4 Å². The number of hydrogen-bond donors (Lipinski definition) is 1. The van der Waals surface area contributed by atoms with Gasteiger partial charge in [-0.3, -0.25) is 4.79 Å². The maximum Gasteiger partial charge on any atom is 0.253 e. The predicted octanol–water partition coefficient (Wildman–Crippen LogP) is 3.33. The summed E-state index contributed by atoms with van der Waals surface area (Å²) in [5.74, 6) is 1.69. The summed E-state index contributed by atoms with van der Waals surface area (Å²) in [6.45, 7) is 5.40. The van der Waals surface area contributed by atoms with E-state index in [2.05, 4.69) is 50.1 Å². The number of aromatic nitrogens is 4. The number of pyridine rings is 2. The number of ether oxygens (including phenoxy) is 1. The van der Waals surface area contributed by atoms with Crippen LogP contribution in [0.5, 0.6) is 0 Å². The van der Waals surface area contributed by atoms with Crippen LogP contribution in [0.2, 0.25) is 0 Å². The Morgan fingerprint density at radius 2 is 1.90 bits per heavy atom. The van der Waals surface area contributed by atoms with E-state index in [1.54, 1.807) is 11.6 Å². The summed E-state index contributed by atoms with van der Waals surface area (Å²) in [6, 6.07) is 12.6. The number of nitriles is 1. The van der Waals surface area contributed by atoms with E-state index in [4.69, 9.17) is 15.5 Å². The molecule has 0 aliphatic carbocycles. The largest absolute Gasteiger partial charge is 0.382 e. The van der Waals surface area contributed by atoms with E-state index in [1.807, 2.05) is 19.2 Å². The molecule has 0 spiro atoms. The zero-order valence-corrected chi connectivity index (χ0v) is 22.1. The molecular weight excluding hydrogens is 492 g/mol. The first kappa shape index (κ1) is 24.8. The van der Waals surface area contributed by atoms with Gasteiger partial charge in [0.15, 0.2) is 5.82 Å². The van der Waals surface area contributed by atoms with Crippen molar-refractivity contribution in [1.29, 1.82) is 5.26 Å². The Morgan fingerprint density at radius 3 is 2.67 bits per heavy atom. The third-order valence-electron chi connectivity index (χ3n) is 7.68. The average molecular weight is 523 g/mol. The van der Waals surface area contributed by atoms with Crippen LogP contribution in [0.4, 0.5) is 17.5 Å². The Bertz CT molecular complexity index is 1640. The van der Waals surface area contributed by atoms with Crippen molar-refractivity contribution in [3.05, 3.63) is 69.9 Å². The maximum atomic E-state index is 12.2. The fourth-order valence-electron chi connectivity index (χ4n) is 5.72. The third kappa shape index (κ3) is 4.45. The molecule has 2 N–H and O–H groups in total. The molecule has 39 heavy (non-hydrogen) atoms. The molecule has 10 heteroatoms.